The molecule has 0 bridgehead atoms. The van der Waals surface area contributed by atoms with Crippen molar-refractivity contribution in [1.29, 1.82) is 0 Å². The minimum absolute atomic E-state index is 0.0117. The van der Waals surface area contributed by atoms with Gasteiger partial charge in [-0.1, -0.05) is 35.4 Å². The van der Waals surface area contributed by atoms with Crippen molar-refractivity contribution in [2.24, 2.45) is 0 Å². The molecular weight excluding hydrogens is 736 g/mol. The van der Waals surface area contributed by atoms with Gasteiger partial charge in [-0.05, 0) is 53.5 Å². The molecule has 9 rings (SSSR count). The lowest BCUT2D eigenvalue weighted by Gasteiger charge is -2.51. The Kier molecular flexibility index (Phi) is 7.87. The van der Waals surface area contributed by atoms with E-state index in [1.54, 1.807) is 17.3 Å². The number of thiophene rings is 1. The standard InChI is InChI=1S/C36H33F3N4O8PS/c1-3-50-52(47,40-35(11-12-35)34(46)48-2)51-31-24(44)10-13-42-30(31)33(45)41-14-15-49-17-25(41)43(42)29-20-6-4-5-7-21(20)32-26-19(18-53-32)16-36(38,39)28-23(37)9-8-22(29)27(26)28/h4-10,13,18,25,29,40,47H,3,11-12,14-17H2,1-2H3/q+1/t25-,29?,52?/m1/s1. The highest BCUT2D eigenvalue weighted by Crippen LogP contribution is 2.60. The lowest BCUT2D eigenvalue weighted by molar-refractivity contribution is -0.144. The van der Waals surface area contributed by atoms with E-state index in [0.29, 0.717) is 40.0 Å². The molecule has 4 heterocycles. The Morgan fingerprint density at radius 1 is 1.13 bits per heavy atom. The molecule has 4 aromatic rings. The summed E-state index contributed by atoms with van der Waals surface area (Å²) in [7, 11) is -3.07. The number of fused-ring (bicyclic) bond motifs is 4. The maximum Gasteiger partial charge on any atom is 0.545 e. The molecule has 1 saturated carbocycles. The van der Waals surface area contributed by atoms with Crippen LogP contribution in [0.3, 0.4) is 0 Å². The smallest absolute Gasteiger partial charge is 0.468 e. The van der Waals surface area contributed by atoms with Crippen LogP contribution >= 0.6 is 19.4 Å². The van der Waals surface area contributed by atoms with Crippen molar-refractivity contribution in [3.8, 4) is 27.3 Å². The van der Waals surface area contributed by atoms with Crippen LogP contribution in [-0.4, -0.2) is 71.5 Å². The molecule has 1 amide bonds. The van der Waals surface area contributed by atoms with E-state index < -0.39 is 72.6 Å². The molecule has 3 atom stereocenters. The number of pyridine rings is 1. The van der Waals surface area contributed by atoms with E-state index >= 15 is 13.2 Å². The molecule has 53 heavy (non-hydrogen) atoms. The Hall–Kier alpha value is -4.31. The zero-order valence-corrected chi connectivity index (χ0v) is 30.1. The second-order valence-electron chi connectivity index (χ2n) is 13.6. The van der Waals surface area contributed by atoms with Crippen LogP contribution in [0.4, 0.5) is 13.2 Å². The molecule has 17 heteroatoms. The first kappa shape index (κ1) is 34.5. The van der Waals surface area contributed by atoms with E-state index in [4.69, 9.17) is 18.5 Å². The first-order chi connectivity index (χ1) is 25.4. The summed E-state index contributed by atoms with van der Waals surface area (Å²) in [5, 5.41) is 6.24. The van der Waals surface area contributed by atoms with Gasteiger partial charge >= 0.3 is 14.1 Å². The van der Waals surface area contributed by atoms with Crippen molar-refractivity contribution < 1.29 is 46.2 Å². The summed E-state index contributed by atoms with van der Waals surface area (Å²) in [5.41, 5.74) is -0.180. The number of amides is 1. The number of carbonyl (C=O) groups excluding carboxylic acids is 2. The SMILES string of the molecule is CCO[P+](O)(NC1(C(=O)OC)CC1)Oc1c2n(ccc1=O)N(C1c3ccccc3-c3scc4c3-c3c1ccc(F)c3C(F)(F)C4)[C@@H]1COCCN1C2=O. The number of morpholine rings is 1. The highest BCUT2D eigenvalue weighted by molar-refractivity contribution is 7.59. The predicted octanol–water partition coefficient (Wildman–Crippen LogP) is 5.26. The summed E-state index contributed by atoms with van der Waals surface area (Å²) in [6, 6.07) is 10.2. The quantitative estimate of drug-likeness (QED) is 0.181. The minimum atomic E-state index is -4.28. The third kappa shape index (κ3) is 5.10. The number of ether oxygens (including phenoxy) is 2. The second kappa shape index (κ2) is 12.1. The van der Waals surface area contributed by atoms with Crippen LogP contribution in [0, 0.1) is 5.82 Å². The largest absolute Gasteiger partial charge is 0.545 e. The van der Waals surface area contributed by atoms with Crippen molar-refractivity contribution in [2.75, 3.05) is 38.5 Å². The first-order valence-corrected chi connectivity index (χ1v) is 19.5. The first-order valence-electron chi connectivity index (χ1n) is 17.1. The number of benzene rings is 2. The number of rotatable bonds is 8. The highest BCUT2D eigenvalue weighted by atomic mass is 32.1. The van der Waals surface area contributed by atoms with Gasteiger partial charge < -0.3 is 14.4 Å². The van der Waals surface area contributed by atoms with Crippen LogP contribution in [0.5, 0.6) is 5.75 Å². The normalized spacial score (nSPS) is 22.4. The fourth-order valence-electron chi connectivity index (χ4n) is 8.11. The molecule has 2 aliphatic heterocycles. The number of hydrogen-bond donors (Lipinski definition) is 2. The topological polar surface area (TPSA) is 132 Å². The Balaban J connectivity index is 1.28. The van der Waals surface area contributed by atoms with Crippen LogP contribution in [0.1, 0.15) is 58.5 Å². The number of alkyl halides is 2. The second-order valence-corrected chi connectivity index (χ2v) is 16.2. The Morgan fingerprint density at radius 2 is 1.92 bits per heavy atom. The van der Waals surface area contributed by atoms with Gasteiger partial charge in [0.25, 0.3) is 17.6 Å². The van der Waals surface area contributed by atoms with E-state index in [9.17, 15) is 19.3 Å². The highest BCUT2D eigenvalue weighted by Gasteiger charge is 2.63. The Morgan fingerprint density at radius 3 is 2.68 bits per heavy atom. The van der Waals surface area contributed by atoms with Crippen LogP contribution in [0.25, 0.3) is 21.6 Å². The minimum Gasteiger partial charge on any atom is -0.468 e. The fourth-order valence-corrected chi connectivity index (χ4v) is 11.0. The van der Waals surface area contributed by atoms with Gasteiger partial charge in [0.15, 0.2) is 11.2 Å². The molecule has 276 valence electrons. The molecule has 2 fully saturated rings. The van der Waals surface area contributed by atoms with Gasteiger partial charge in [-0.2, -0.15) is 9.42 Å². The van der Waals surface area contributed by atoms with Gasteiger partial charge in [0, 0.05) is 41.2 Å². The molecule has 3 aliphatic carbocycles. The van der Waals surface area contributed by atoms with Gasteiger partial charge in [0.05, 0.1) is 38.5 Å². The summed E-state index contributed by atoms with van der Waals surface area (Å²) in [4.78, 5) is 55.0. The van der Waals surface area contributed by atoms with Crippen LogP contribution in [0.2, 0.25) is 0 Å². The van der Waals surface area contributed by atoms with Gasteiger partial charge in [0.1, 0.15) is 12.0 Å². The van der Waals surface area contributed by atoms with Crippen LogP contribution in [0.15, 0.2) is 58.8 Å². The summed E-state index contributed by atoms with van der Waals surface area (Å²) in [6.45, 7) is 1.79. The number of aromatic nitrogens is 1. The number of hydrogen-bond acceptors (Lipinski definition) is 11. The zero-order chi connectivity index (χ0) is 37.0. The summed E-state index contributed by atoms with van der Waals surface area (Å²) >= 11 is 1.31. The van der Waals surface area contributed by atoms with E-state index in [2.05, 4.69) is 5.09 Å². The average Bonchev–Trinajstić information content (AvgIpc) is 3.82. The number of methoxy groups -OCH3 is 1. The molecule has 0 radical (unpaired) electrons. The zero-order valence-electron chi connectivity index (χ0n) is 28.4. The van der Waals surface area contributed by atoms with E-state index in [-0.39, 0.29) is 37.6 Å². The lowest BCUT2D eigenvalue weighted by atomic mass is 9.80. The summed E-state index contributed by atoms with van der Waals surface area (Å²) < 4.78 is 71.7. The van der Waals surface area contributed by atoms with Crippen LogP contribution < -0.4 is 20.0 Å². The fraction of sp³-hybridized carbons (Fsp3) is 0.361. The molecule has 2 N–H and O–H groups in total. The maximum absolute atomic E-state index is 16.0. The predicted molar refractivity (Wildman–Crippen MR) is 188 cm³/mol. The third-order valence-electron chi connectivity index (χ3n) is 10.5. The average molecular weight is 770 g/mol. The van der Waals surface area contributed by atoms with Crippen LogP contribution in [-0.2, 0) is 31.1 Å². The summed E-state index contributed by atoms with van der Waals surface area (Å²) in [6.07, 6.45) is 0.522. The van der Waals surface area contributed by atoms with Gasteiger partial charge in [-0.15, -0.1) is 11.3 Å². The van der Waals surface area contributed by atoms with E-state index in [1.165, 1.54) is 40.3 Å². The molecule has 2 aromatic carbocycles. The Labute approximate surface area is 305 Å². The van der Waals surface area contributed by atoms with Gasteiger partial charge in [0.2, 0.25) is 5.43 Å². The molecule has 0 spiro atoms. The maximum atomic E-state index is 16.0. The lowest BCUT2D eigenvalue weighted by Crippen LogP contribution is -2.66. The van der Waals surface area contributed by atoms with Crippen molar-refractivity contribution in [2.45, 2.75) is 49.9 Å². The van der Waals surface area contributed by atoms with Crippen molar-refractivity contribution in [1.82, 2.24) is 14.7 Å². The number of carbonyl (C=O) groups is 2. The third-order valence-corrected chi connectivity index (χ3v) is 13.3. The van der Waals surface area contributed by atoms with Gasteiger partial charge in [-0.25, -0.2) is 18.0 Å². The van der Waals surface area contributed by atoms with Gasteiger partial charge in [-0.3, -0.25) is 23.8 Å². The van der Waals surface area contributed by atoms with E-state index in [0.717, 1.165) is 17.7 Å². The number of nitrogens with one attached hydrogen (secondary N) is 1. The van der Waals surface area contributed by atoms with Crippen molar-refractivity contribution in [3.05, 3.63) is 98.0 Å². The molecular formula is C36H33F3N4O8PS+. The molecule has 12 nitrogen and oxygen atoms in total. The van der Waals surface area contributed by atoms with Crippen molar-refractivity contribution >= 4 is 31.3 Å². The number of nitrogens with zero attached hydrogens (tertiary/aromatic N) is 3. The number of esters is 1. The molecule has 2 unspecified atom stereocenters. The Bertz CT molecular complexity index is 2280. The molecule has 5 aliphatic rings. The monoisotopic (exact) mass is 769 g/mol. The molecule has 2 aromatic heterocycles. The summed E-state index contributed by atoms with van der Waals surface area (Å²) in [5.74, 6) is -6.34. The van der Waals surface area contributed by atoms with E-state index in [1.807, 2.05) is 24.3 Å². The molecule has 1 saturated heterocycles. The number of halogens is 3. The van der Waals surface area contributed by atoms with Crippen molar-refractivity contribution in [3.63, 3.8) is 0 Å².